The van der Waals surface area contributed by atoms with Crippen molar-refractivity contribution in [1.82, 2.24) is 5.32 Å². The van der Waals surface area contributed by atoms with Crippen LogP contribution < -0.4 is 5.32 Å². The Kier molecular flexibility index (Phi) is 5.65. The average Bonchev–Trinajstić information content (AvgIpc) is 2.66. The van der Waals surface area contributed by atoms with Gasteiger partial charge in [-0.1, -0.05) is 13.8 Å². The van der Waals surface area contributed by atoms with E-state index in [0.29, 0.717) is 25.6 Å². The number of esters is 1. The zero-order valence-corrected chi connectivity index (χ0v) is 9.62. The smallest absolute Gasteiger partial charge is 0.307 e. The van der Waals surface area contributed by atoms with E-state index in [9.17, 15) is 4.79 Å². The quantitative estimate of drug-likeness (QED) is 0.674. The van der Waals surface area contributed by atoms with E-state index in [1.54, 1.807) is 0 Å². The summed E-state index contributed by atoms with van der Waals surface area (Å²) in [6, 6.07) is 0.413. The van der Waals surface area contributed by atoms with Crippen LogP contribution in [0.5, 0.6) is 0 Å². The maximum Gasteiger partial charge on any atom is 0.307 e. The monoisotopic (exact) mass is 215 g/mol. The molecule has 15 heavy (non-hydrogen) atoms. The summed E-state index contributed by atoms with van der Waals surface area (Å²) >= 11 is 0. The van der Waals surface area contributed by atoms with Crippen LogP contribution in [0.25, 0.3) is 0 Å². The van der Waals surface area contributed by atoms with E-state index < -0.39 is 0 Å². The average molecular weight is 215 g/mol. The minimum Gasteiger partial charge on any atom is -0.463 e. The summed E-state index contributed by atoms with van der Waals surface area (Å²) < 4.78 is 10.5. The van der Waals surface area contributed by atoms with Gasteiger partial charge in [0, 0.05) is 19.2 Å². The van der Waals surface area contributed by atoms with Crippen LogP contribution in [0.3, 0.4) is 0 Å². The van der Waals surface area contributed by atoms with Gasteiger partial charge in [0.2, 0.25) is 0 Å². The van der Waals surface area contributed by atoms with Gasteiger partial charge in [-0.2, -0.15) is 0 Å². The fourth-order valence-corrected chi connectivity index (χ4v) is 1.50. The largest absolute Gasteiger partial charge is 0.463 e. The molecule has 4 heteroatoms. The molecule has 0 aromatic rings. The summed E-state index contributed by atoms with van der Waals surface area (Å²) in [7, 11) is 0. The van der Waals surface area contributed by atoms with Crippen molar-refractivity contribution in [2.45, 2.75) is 45.3 Å². The molecule has 1 atom stereocenters. The third kappa shape index (κ3) is 5.74. The molecule has 1 unspecified atom stereocenters. The van der Waals surface area contributed by atoms with Gasteiger partial charge in [0.15, 0.2) is 0 Å². The van der Waals surface area contributed by atoms with E-state index in [-0.39, 0.29) is 12.1 Å². The molecule has 0 aliphatic carbocycles. The fraction of sp³-hybridized carbons (Fsp3) is 0.909. The first-order valence-electron chi connectivity index (χ1n) is 5.69. The van der Waals surface area contributed by atoms with Crippen molar-refractivity contribution in [3.63, 3.8) is 0 Å². The first-order chi connectivity index (χ1) is 7.18. The molecule has 1 fully saturated rings. The number of nitrogens with one attached hydrogen (secondary N) is 1. The number of carbonyl (C=O) groups is 1. The van der Waals surface area contributed by atoms with Crippen LogP contribution in [0.1, 0.15) is 33.1 Å². The minimum absolute atomic E-state index is 0.131. The number of hydrogen-bond acceptors (Lipinski definition) is 4. The minimum atomic E-state index is -0.140. The molecule has 0 aromatic carbocycles. The van der Waals surface area contributed by atoms with Gasteiger partial charge in [-0.25, -0.2) is 0 Å². The van der Waals surface area contributed by atoms with Crippen molar-refractivity contribution in [3.8, 4) is 0 Å². The van der Waals surface area contributed by atoms with E-state index in [0.717, 1.165) is 19.4 Å². The Morgan fingerprint density at radius 3 is 3.00 bits per heavy atom. The Labute approximate surface area is 91.3 Å². The lowest BCUT2D eigenvalue weighted by molar-refractivity contribution is -0.146. The summed E-state index contributed by atoms with van der Waals surface area (Å²) in [6.45, 7) is 6.01. The van der Waals surface area contributed by atoms with Gasteiger partial charge < -0.3 is 14.8 Å². The van der Waals surface area contributed by atoms with Gasteiger partial charge in [-0.05, 0) is 12.8 Å². The molecule has 1 N–H and O–H groups in total. The lowest BCUT2D eigenvalue weighted by Gasteiger charge is -2.11. The van der Waals surface area contributed by atoms with E-state index in [1.807, 2.05) is 0 Å². The standard InChI is InChI=1S/C11H21NO3/c1-9(2)12-6-5-11(13)15-8-10-4-3-7-14-10/h9-10,12H,3-8H2,1-2H3. The molecule has 0 amide bonds. The van der Waals surface area contributed by atoms with E-state index in [1.165, 1.54) is 0 Å². The number of hydrogen-bond donors (Lipinski definition) is 1. The third-order valence-corrected chi connectivity index (χ3v) is 2.34. The molecule has 88 valence electrons. The SMILES string of the molecule is CC(C)NCCC(=O)OCC1CCCO1. The molecule has 0 aromatic heterocycles. The molecule has 1 rings (SSSR count). The van der Waals surface area contributed by atoms with E-state index in [2.05, 4.69) is 19.2 Å². The Hall–Kier alpha value is -0.610. The second kappa shape index (κ2) is 6.80. The van der Waals surface area contributed by atoms with Crippen LogP contribution in [0.4, 0.5) is 0 Å². The highest BCUT2D eigenvalue weighted by Gasteiger charge is 2.17. The van der Waals surface area contributed by atoms with Crippen molar-refractivity contribution in [1.29, 1.82) is 0 Å². The van der Waals surface area contributed by atoms with Crippen LogP contribution in [0.2, 0.25) is 0 Å². The predicted molar refractivity (Wildman–Crippen MR) is 57.7 cm³/mol. The summed E-state index contributed by atoms with van der Waals surface area (Å²) in [5.74, 6) is -0.140. The summed E-state index contributed by atoms with van der Waals surface area (Å²) in [5.41, 5.74) is 0. The summed E-state index contributed by atoms with van der Waals surface area (Å²) in [6.07, 6.45) is 2.66. The van der Waals surface area contributed by atoms with Gasteiger partial charge in [-0.15, -0.1) is 0 Å². The van der Waals surface area contributed by atoms with Gasteiger partial charge in [0.05, 0.1) is 12.5 Å². The van der Waals surface area contributed by atoms with Crippen molar-refractivity contribution < 1.29 is 14.3 Å². The molecule has 0 radical (unpaired) electrons. The predicted octanol–water partition coefficient (Wildman–Crippen LogP) is 1.10. The molecule has 1 aliphatic heterocycles. The highest BCUT2D eigenvalue weighted by atomic mass is 16.6. The van der Waals surface area contributed by atoms with E-state index in [4.69, 9.17) is 9.47 Å². The maximum atomic E-state index is 11.3. The number of carbonyl (C=O) groups excluding carboxylic acids is 1. The molecular weight excluding hydrogens is 194 g/mol. The van der Waals surface area contributed by atoms with Crippen molar-refractivity contribution in [3.05, 3.63) is 0 Å². The first-order valence-corrected chi connectivity index (χ1v) is 5.69. The van der Waals surface area contributed by atoms with Gasteiger partial charge >= 0.3 is 5.97 Å². The van der Waals surface area contributed by atoms with Crippen molar-refractivity contribution in [2.75, 3.05) is 19.8 Å². The zero-order chi connectivity index (χ0) is 11.1. The second-order valence-corrected chi connectivity index (χ2v) is 4.18. The van der Waals surface area contributed by atoms with Gasteiger partial charge in [0.25, 0.3) is 0 Å². The Morgan fingerprint density at radius 2 is 2.40 bits per heavy atom. The van der Waals surface area contributed by atoms with Crippen LogP contribution in [0.15, 0.2) is 0 Å². The maximum absolute atomic E-state index is 11.3. The van der Waals surface area contributed by atoms with E-state index >= 15 is 0 Å². The molecule has 0 bridgehead atoms. The van der Waals surface area contributed by atoms with Crippen molar-refractivity contribution >= 4 is 5.97 Å². The highest BCUT2D eigenvalue weighted by Crippen LogP contribution is 2.11. The molecule has 1 saturated heterocycles. The van der Waals surface area contributed by atoms with Crippen LogP contribution in [-0.4, -0.2) is 37.9 Å². The number of rotatable bonds is 6. The number of ether oxygens (including phenoxy) is 2. The lowest BCUT2D eigenvalue weighted by atomic mass is 10.2. The van der Waals surface area contributed by atoms with Crippen LogP contribution >= 0.6 is 0 Å². The summed E-state index contributed by atoms with van der Waals surface area (Å²) in [4.78, 5) is 11.3. The normalized spacial score (nSPS) is 20.9. The lowest BCUT2D eigenvalue weighted by Crippen LogP contribution is -2.27. The fourth-order valence-electron chi connectivity index (χ4n) is 1.50. The first kappa shape index (κ1) is 12.5. The van der Waals surface area contributed by atoms with Gasteiger partial charge in [0.1, 0.15) is 6.61 Å². The second-order valence-electron chi connectivity index (χ2n) is 4.18. The Balaban J connectivity index is 1.98. The zero-order valence-electron chi connectivity index (χ0n) is 9.62. The molecule has 4 nitrogen and oxygen atoms in total. The molecule has 1 aliphatic rings. The molecule has 0 saturated carbocycles. The van der Waals surface area contributed by atoms with Crippen LogP contribution in [0, 0.1) is 0 Å². The molecular formula is C11H21NO3. The summed E-state index contributed by atoms with van der Waals surface area (Å²) in [5, 5.41) is 3.17. The highest BCUT2D eigenvalue weighted by molar-refractivity contribution is 5.69. The third-order valence-electron chi connectivity index (χ3n) is 2.34. The van der Waals surface area contributed by atoms with Crippen LogP contribution in [-0.2, 0) is 14.3 Å². The molecule has 1 heterocycles. The Morgan fingerprint density at radius 1 is 1.60 bits per heavy atom. The Bertz CT molecular complexity index is 188. The van der Waals surface area contributed by atoms with Crippen molar-refractivity contribution in [2.24, 2.45) is 0 Å². The molecule has 0 spiro atoms. The van der Waals surface area contributed by atoms with Gasteiger partial charge in [-0.3, -0.25) is 4.79 Å². The topological polar surface area (TPSA) is 47.6 Å².